The molecule has 0 bridgehead atoms. The predicted molar refractivity (Wildman–Crippen MR) is 95.1 cm³/mol. The van der Waals surface area contributed by atoms with Crippen LogP contribution >= 0.6 is 0 Å². The molecule has 1 atom stereocenters. The van der Waals surface area contributed by atoms with Crippen LogP contribution in [-0.2, 0) is 28.9 Å². The highest BCUT2D eigenvalue weighted by molar-refractivity contribution is 5.33. The Bertz CT molecular complexity index is 678. The first-order valence-corrected chi connectivity index (χ1v) is 8.92. The van der Waals surface area contributed by atoms with Gasteiger partial charge in [-0.25, -0.2) is 9.67 Å². The van der Waals surface area contributed by atoms with Gasteiger partial charge < -0.3 is 14.2 Å². The molecule has 0 spiro atoms. The molecule has 1 fully saturated rings. The normalized spacial score (nSPS) is 17.8. The van der Waals surface area contributed by atoms with Gasteiger partial charge in [0.1, 0.15) is 17.7 Å². The Hall–Kier alpha value is -1.92. The van der Waals surface area contributed by atoms with E-state index in [2.05, 4.69) is 19.9 Å². The van der Waals surface area contributed by atoms with Crippen molar-refractivity contribution < 1.29 is 14.2 Å². The molecule has 1 aromatic heterocycles. The average molecular weight is 345 g/mol. The van der Waals surface area contributed by atoms with Gasteiger partial charge in [-0.3, -0.25) is 0 Å². The van der Waals surface area contributed by atoms with Crippen LogP contribution in [0.15, 0.2) is 24.3 Å². The SMILES string of the molecule is COc1ccccc1CCc1nc(C(C)C)nn1CC1COCCO1. The van der Waals surface area contributed by atoms with Crippen molar-refractivity contribution in [3.63, 3.8) is 0 Å². The van der Waals surface area contributed by atoms with E-state index in [0.29, 0.717) is 32.3 Å². The summed E-state index contributed by atoms with van der Waals surface area (Å²) in [6, 6.07) is 8.12. The minimum absolute atomic E-state index is 0.0421. The van der Waals surface area contributed by atoms with Crippen LogP contribution in [0.3, 0.4) is 0 Å². The summed E-state index contributed by atoms with van der Waals surface area (Å²) >= 11 is 0. The van der Waals surface area contributed by atoms with Crippen LogP contribution in [0.25, 0.3) is 0 Å². The molecule has 1 unspecified atom stereocenters. The van der Waals surface area contributed by atoms with Gasteiger partial charge in [-0.2, -0.15) is 5.10 Å². The number of ether oxygens (including phenoxy) is 3. The van der Waals surface area contributed by atoms with E-state index < -0.39 is 0 Å². The minimum atomic E-state index is 0.0421. The standard InChI is InChI=1S/C19H27N3O3/c1-14(2)19-20-18(9-8-15-6-4-5-7-17(15)23-3)22(21-19)12-16-13-24-10-11-25-16/h4-7,14,16H,8-13H2,1-3H3. The maximum absolute atomic E-state index is 5.77. The second-order valence-corrected chi connectivity index (χ2v) is 6.60. The first-order valence-electron chi connectivity index (χ1n) is 8.92. The zero-order chi connectivity index (χ0) is 17.6. The van der Waals surface area contributed by atoms with Gasteiger partial charge in [0.25, 0.3) is 0 Å². The summed E-state index contributed by atoms with van der Waals surface area (Å²) in [6.07, 6.45) is 1.72. The zero-order valence-corrected chi connectivity index (χ0v) is 15.3. The van der Waals surface area contributed by atoms with Crippen molar-refractivity contribution in [2.75, 3.05) is 26.9 Å². The molecule has 1 aliphatic rings. The van der Waals surface area contributed by atoms with E-state index in [1.807, 2.05) is 22.9 Å². The third-order valence-corrected chi connectivity index (χ3v) is 4.35. The fourth-order valence-corrected chi connectivity index (χ4v) is 2.96. The number of nitrogens with zero attached hydrogens (tertiary/aromatic N) is 3. The van der Waals surface area contributed by atoms with Crippen LogP contribution in [0.1, 0.15) is 37.0 Å². The largest absolute Gasteiger partial charge is 0.496 e. The Kier molecular flexibility index (Phi) is 6.04. The molecule has 2 heterocycles. The lowest BCUT2D eigenvalue weighted by Crippen LogP contribution is -2.33. The molecular formula is C19H27N3O3. The van der Waals surface area contributed by atoms with E-state index in [1.54, 1.807) is 7.11 Å². The van der Waals surface area contributed by atoms with E-state index in [1.165, 1.54) is 5.56 Å². The number of para-hydroxylation sites is 1. The summed E-state index contributed by atoms with van der Waals surface area (Å²) in [5.74, 6) is 3.09. The summed E-state index contributed by atoms with van der Waals surface area (Å²) in [7, 11) is 1.71. The van der Waals surface area contributed by atoms with Crippen LogP contribution < -0.4 is 4.74 Å². The molecule has 25 heavy (non-hydrogen) atoms. The molecule has 0 radical (unpaired) electrons. The van der Waals surface area contributed by atoms with Crippen molar-refractivity contribution in [1.29, 1.82) is 0 Å². The second kappa shape index (κ2) is 8.45. The Labute approximate surface area is 149 Å². The van der Waals surface area contributed by atoms with Gasteiger partial charge in [0.05, 0.1) is 33.5 Å². The van der Waals surface area contributed by atoms with Gasteiger partial charge >= 0.3 is 0 Å². The summed E-state index contributed by atoms with van der Waals surface area (Å²) in [5.41, 5.74) is 1.18. The maximum Gasteiger partial charge on any atom is 0.153 e. The highest BCUT2D eigenvalue weighted by Crippen LogP contribution is 2.20. The second-order valence-electron chi connectivity index (χ2n) is 6.60. The molecular weight excluding hydrogens is 318 g/mol. The Morgan fingerprint density at radius 1 is 1.24 bits per heavy atom. The average Bonchev–Trinajstić information content (AvgIpc) is 3.04. The fraction of sp³-hybridized carbons (Fsp3) is 0.579. The fourth-order valence-electron chi connectivity index (χ4n) is 2.96. The number of methoxy groups -OCH3 is 1. The van der Waals surface area contributed by atoms with E-state index in [4.69, 9.17) is 24.3 Å². The lowest BCUT2D eigenvalue weighted by Gasteiger charge is -2.23. The van der Waals surface area contributed by atoms with Crippen molar-refractivity contribution in [2.24, 2.45) is 0 Å². The molecule has 3 rings (SSSR count). The summed E-state index contributed by atoms with van der Waals surface area (Å²) in [4.78, 5) is 4.76. The van der Waals surface area contributed by atoms with E-state index >= 15 is 0 Å². The number of aryl methyl sites for hydroxylation is 2. The van der Waals surface area contributed by atoms with Crippen molar-refractivity contribution in [3.05, 3.63) is 41.5 Å². The first-order chi connectivity index (χ1) is 12.2. The minimum Gasteiger partial charge on any atom is -0.496 e. The smallest absolute Gasteiger partial charge is 0.153 e. The van der Waals surface area contributed by atoms with Gasteiger partial charge in [-0.1, -0.05) is 32.0 Å². The Balaban J connectivity index is 1.74. The number of benzene rings is 1. The van der Waals surface area contributed by atoms with Crippen LogP contribution in [-0.4, -0.2) is 47.8 Å². The lowest BCUT2D eigenvalue weighted by molar-refractivity contribution is -0.0949. The number of rotatable bonds is 7. The number of aromatic nitrogens is 3. The molecule has 1 aromatic carbocycles. The number of hydrogen-bond donors (Lipinski definition) is 0. The quantitative estimate of drug-likeness (QED) is 0.772. The molecule has 0 N–H and O–H groups in total. The third kappa shape index (κ3) is 4.58. The summed E-state index contributed by atoms with van der Waals surface area (Å²) < 4.78 is 18.7. The molecule has 6 heteroatoms. The summed E-state index contributed by atoms with van der Waals surface area (Å²) in [6.45, 7) is 6.84. The number of hydrogen-bond acceptors (Lipinski definition) is 5. The van der Waals surface area contributed by atoms with Gasteiger partial charge in [0, 0.05) is 12.3 Å². The van der Waals surface area contributed by atoms with Gasteiger partial charge in [-0.05, 0) is 18.1 Å². The maximum atomic E-state index is 5.77. The summed E-state index contributed by atoms with van der Waals surface area (Å²) in [5, 5.41) is 4.70. The third-order valence-electron chi connectivity index (χ3n) is 4.35. The molecule has 1 saturated heterocycles. The molecule has 1 aliphatic heterocycles. The molecule has 0 aliphatic carbocycles. The van der Waals surface area contributed by atoms with Crippen LogP contribution in [0.5, 0.6) is 5.75 Å². The van der Waals surface area contributed by atoms with Crippen LogP contribution in [0.2, 0.25) is 0 Å². The highest BCUT2D eigenvalue weighted by Gasteiger charge is 2.20. The van der Waals surface area contributed by atoms with Crippen molar-refractivity contribution in [1.82, 2.24) is 14.8 Å². The molecule has 0 amide bonds. The van der Waals surface area contributed by atoms with Gasteiger partial charge in [0.2, 0.25) is 0 Å². The van der Waals surface area contributed by atoms with Gasteiger partial charge in [-0.15, -0.1) is 0 Å². The van der Waals surface area contributed by atoms with Crippen molar-refractivity contribution >= 4 is 0 Å². The van der Waals surface area contributed by atoms with E-state index in [0.717, 1.165) is 30.2 Å². The lowest BCUT2D eigenvalue weighted by atomic mass is 10.1. The predicted octanol–water partition coefficient (Wildman–Crippen LogP) is 2.61. The molecule has 136 valence electrons. The zero-order valence-electron chi connectivity index (χ0n) is 15.3. The monoisotopic (exact) mass is 345 g/mol. The van der Waals surface area contributed by atoms with Gasteiger partial charge in [0.15, 0.2) is 5.82 Å². The Morgan fingerprint density at radius 3 is 2.80 bits per heavy atom. The highest BCUT2D eigenvalue weighted by atomic mass is 16.6. The Morgan fingerprint density at radius 2 is 2.08 bits per heavy atom. The van der Waals surface area contributed by atoms with Crippen molar-refractivity contribution in [3.8, 4) is 5.75 Å². The molecule has 0 saturated carbocycles. The van der Waals surface area contributed by atoms with Crippen molar-refractivity contribution in [2.45, 2.75) is 45.3 Å². The molecule has 2 aromatic rings. The first kappa shape index (κ1) is 17.9. The van der Waals surface area contributed by atoms with E-state index in [9.17, 15) is 0 Å². The topological polar surface area (TPSA) is 58.4 Å². The molecule has 6 nitrogen and oxygen atoms in total. The van der Waals surface area contributed by atoms with E-state index in [-0.39, 0.29) is 6.10 Å². The van der Waals surface area contributed by atoms with Crippen LogP contribution in [0.4, 0.5) is 0 Å². The van der Waals surface area contributed by atoms with Crippen LogP contribution in [0, 0.1) is 0 Å².